The van der Waals surface area contributed by atoms with E-state index >= 15 is 0 Å². The van der Waals surface area contributed by atoms with Crippen molar-refractivity contribution in [3.8, 4) is 11.1 Å². The molecule has 0 fully saturated rings. The zero-order valence-corrected chi connectivity index (χ0v) is 25.0. The van der Waals surface area contributed by atoms with E-state index in [0.29, 0.717) is 48.1 Å². The third-order valence-corrected chi connectivity index (χ3v) is 6.79. The molecule has 3 aromatic rings. The summed E-state index contributed by atoms with van der Waals surface area (Å²) >= 11 is 6.79. The Hall–Kier alpha value is -4.19. The molecule has 11 heteroatoms. The Labute approximate surface area is 256 Å². The van der Waals surface area contributed by atoms with Gasteiger partial charge in [0.15, 0.2) is 0 Å². The molecule has 0 saturated carbocycles. The molecule has 0 aliphatic rings. The minimum absolute atomic E-state index is 0.0250. The number of hydrogen-bond acceptors (Lipinski definition) is 8. The van der Waals surface area contributed by atoms with E-state index in [9.17, 15) is 9.59 Å². The Kier molecular flexibility index (Phi) is 13.2. The first-order chi connectivity index (χ1) is 20.8. The van der Waals surface area contributed by atoms with Crippen molar-refractivity contribution >= 4 is 40.5 Å². The lowest BCUT2D eigenvalue weighted by Gasteiger charge is -2.16. The fourth-order valence-corrected chi connectivity index (χ4v) is 4.36. The summed E-state index contributed by atoms with van der Waals surface area (Å²) in [6.45, 7) is 7.81. The standard InChI is InChI=1S/C32H37ClN6O4/c1-21(18-35-14-16-40)10-12-28(34-3)31(42)39-27-9-5-7-25(30(27)33)24-6-4-8-26(22(24)2)38-32(43)29-13-11-23(20-37-29)19-36-15-17-41/h4-13,20,35-36,40-41H,1,14-19H2,2-3H3,(H,38,43)(H,39,42)/b12-10-,34-28+. The molecule has 0 aliphatic heterocycles. The summed E-state index contributed by atoms with van der Waals surface area (Å²) in [5.41, 5.74) is 5.35. The average Bonchev–Trinajstić information content (AvgIpc) is 3.00. The molecule has 2 amide bonds. The molecule has 43 heavy (non-hydrogen) atoms. The van der Waals surface area contributed by atoms with Crippen LogP contribution in [0.5, 0.6) is 0 Å². The highest BCUT2D eigenvalue weighted by atomic mass is 35.5. The number of rotatable bonds is 15. The second-order valence-electron chi connectivity index (χ2n) is 9.51. The Morgan fingerprint density at radius 1 is 0.953 bits per heavy atom. The van der Waals surface area contributed by atoms with E-state index in [1.165, 1.54) is 7.05 Å². The van der Waals surface area contributed by atoms with E-state index < -0.39 is 5.91 Å². The second-order valence-corrected chi connectivity index (χ2v) is 9.88. The topological polar surface area (TPSA) is 148 Å². The summed E-state index contributed by atoms with van der Waals surface area (Å²) in [5.74, 6) is -0.789. The van der Waals surface area contributed by atoms with Gasteiger partial charge in [0.05, 0.1) is 23.9 Å². The van der Waals surface area contributed by atoms with Crippen LogP contribution in [0, 0.1) is 6.92 Å². The number of benzene rings is 2. The van der Waals surface area contributed by atoms with Crippen molar-refractivity contribution in [3.63, 3.8) is 0 Å². The predicted octanol–water partition coefficient (Wildman–Crippen LogP) is 3.75. The molecule has 3 rings (SSSR count). The number of aliphatic hydroxyl groups excluding tert-OH is 2. The average molecular weight is 605 g/mol. The smallest absolute Gasteiger partial charge is 0.274 e. The lowest BCUT2D eigenvalue weighted by molar-refractivity contribution is -0.110. The number of nitrogens with one attached hydrogen (secondary N) is 4. The highest BCUT2D eigenvalue weighted by Crippen LogP contribution is 2.37. The maximum absolute atomic E-state index is 13.0. The van der Waals surface area contributed by atoms with Crippen LogP contribution in [0.1, 0.15) is 21.6 Å². The van der Waals surface area contributed by atoms with Crippen molar-refractivity contribution in [3.05, 3.63) is 101 Å². The van der Waals surface area contributed by atoms with Crippen molar-refractivity contribution in [1.82, 2.24) is 15.6 Å². The van der Waals surface area contributed by atoms with E-state index in [0.717, 1.165) is 22.3 Å². The lowest BCUT2D eigenvalue weighted by atomic mass is 9.98. The monoisotopic (exact) mass is 604 g/mol. The van der Waals surface area contributed by atoms with Crippen LogP contribution in [0.2, 0.25) is 5.02 Å². The number of hydrogen-bond donors (Lipinski definition) is 6. The molecule has 1 aromatic heterocycles. The molecule has 0 radical (unpaired) electrons. The fourth-order valence-electron chi connectivity index (χ4n) is 4.08. The Morgan fingerprint density at radius 3 is 2.33 bits per heavy atom. The number of aromatic nitrogens is 1. The van der Waals surface area contributed by atoms with Crippen molar-refractivity contribution in [2.24, 2.45) is 4.99 Å². The van der Waals surface area contributed by atoms with Crippen molar-refractivity contribution < 1.29 is 19.8 Å². The molecule has 0 spiro atoms. The third-order valence-electron chi connectivity index (χ3n) is 6.39. The van der Waals surface area contributed by atoms with Gasteiger partial charge in [0.25, 0.3) is 11.8 Å². The van der Waals surface area contributed by atoms with E-state index in [1.54, 1.807) is 42.6 Å². The number of halogens is 1. The highest BCUT2D eigenvalue weighted by Gasteiger charge is 2.17. The van der Waals surface area contributed by atoms with E-state index in [1.807, 2.05) is 31.2 Å². The number of aliphatic imine (C=N–C) groups is 1. The van der Waals surface area contributed by atoms with Gasteiger partial charge < -0.3 is 31.5 Å². The van der Waals surface area contributed by atoms with Crippen LogP contribution in [0.25, 0.3) is 11.1 Å². The molecule has 0 unspecified atom stereocenters. The molecule has 0 aliphatic carbocycles. The molecular weight excluding hydrogens is 568 g/mol. The zero-order chi connectivity index (χ0) is 31.2. The number of carbonyl (C=O) groups is 2. The van der Waals surface area contributed by atoms with Crippen LogP contribution >= 0.6 is 11.6 Å². The van der Waals surface area contributed by atoms with Gasteiger partial charge in [0.2, 0.25) is 0 Å². The third kappa shape index (κ3) is 9.67. The number of carbonyl (C=O) groups excluding carboxylic acids is 2. The minimum atomic E-state index is -0.436. The Bertz CT molecular complexity index is 1490. The molecular formula is C32H37ClN6O4. The molecule has 6 N–H and O–H groups in total. The molecule has 1 heterocycles. The van der Waals surface area contributed by atoms with Gasteiger partial charge >= 0.3 is 0 Å². The first kappa shape index (κ1) is 33.3. The van der Waals surface area contributed by atoms with Crippen molar-refractivity contribution in [1.29, 1.82) is 0 Å². The van der Waals surface area contributed by atoms with Gasteiger partial charge in [-0.2, -0.15) is 0 Å². The molecule has 0 atom stereocenters. The maximum atomic E-state index is 13.0. The van der Waals surface area contributed by atoms with E-state index in [2.05, 4.69) is 37.8 Å². The summed E-state index contributed by atoms with van der Waals surface area (Å²) in [7, 11) is 1.52. The minimum Gasteiger partial charge on any atom is -0.395 e. The number of anilines is 2. The van der Waals surface area contributed by atoms with E-state index in [-0.39, 0.29) is 30.5 Å². The van der Waals surface area contributed by atoms with Gasteiger partial charge in [-0.15, -0.1) is 0 Å². The Morgan fingerprint density at radius 2 is 1.65 bits per heavy atom. The van der Waals surface area contributed by atoms with Crippen molar-refractivity contribution in [2.75, 3.05) is 50.5 Å². The van der Waals surface area contributed by atoms with E-state index in [4.69, 9.17) is 21.8 Å². The van der Waals surface area contributed by atoms with Gasteiger partial charge in [0.1, 0.15) is 11.4 Å². The first-order valence-corrected chi connectivity index (χ1v) is 14.1. The van der Waals surface area contributed by atoms with Gasteiger partial charge in [-0.25, -0.2) is 0 Å². The van der Waals surface area contributed by atoms with Crippen LogP contribution < -0.4 is 21.3 Å². The molecule has 226 valence electrons. The van der Waals surface area contributed by atoms with Crippen LogP contribution in [0.4, 0.5) is 11.4 Å². The normalized spacial score (nSPS) is 11.5. The molecule has 10 nitrogen and oxygen atoms in total. The fraction of sp³-hybridized carbons (Fsp3) is 0.250. The summed E-state index contributed by atoms with van der Waals surface area (Å²) in [6.07, 6.45) is 4.89. The quantitative estimate of drug-likeness (QED) is 0.0879. The van der Waals surface area contributed by atoms with Crippen LogP contribution in [-0.2, 0) is 11.3 Å². The number of pyridine rings is 1. The zero-order valence-electron chi connectivity index (χ0n) is 24.3. The van der Waals surface area contributed by atoms with Gasteiger partial charge in [-0.1, -0.05) is 54.6 Å². The number of amides is 2. The molecule has 0 bridgehead atoms. The number of aliphatic hydroxyl groups is 2. The van der Waals surface area contributed by atoms with Gasteiger partial charge in [0, 0.05) is 50.7 Å². The number of nitrogens with zero attached hydrogens (tertiary/aromatic N) is 2. The van der Waals surface area contributed by atoms with Gasteiger partial charge in [-0.05, 0) is 53.5 Å². The van der Waals surface area contributed by atoms with Crippen LogP contribution in [-0.4, -0.2) is 72.6 Å². The van der Waals surface area contributed by atoms with Crippen molar-refractivity contribution in [2.45, 2.75) is 13.5 Å². The lowest BCUT2D eigenvalue weighted by Crippen LogP contribution is -2.22. The predicted molar refractivity (Wildman–Crippen MR) is 173 cm³/mol. The summed E-state index contributed by atoms with van der Waals surface area (Å²) < 4.78 is 0. The second kappa shape index (κ2) is 17.1. The first-order valence-electron chi connectivity index (χ1n) is 13.7. The largest absolute Gasteiger partial charge is 0.395 e. The summed E-state index contributed by atoms with van der Waals surface area (Å²) in [6, 6.07) is 14.3. The Balaban J connectivity index is 1.74. The highest BCUT2D eigenvalue weighted by molar-refractivity contribution is 6.48. The summed E-state index contributed by atoms with van der Waals surface area (Å²) in [5, 5.41) is 30.0. The summed E-state index contributed by atoms with van der Waals surface area (Å²) in [4.78, 5) is 34.3. The van der Waals surface area contributed by atoms with Gasteiger partial charge in [-0.3, -0.25) is 19.6 Å². The SMILES string of the molecule is C=C(/C=C\C(=N/C)C(=O)Nc1cccc(-c2cccc(NC(=O)c3ccc(CNCCO)cn3)c2C)c1Cl)CNCCO. The molecule has 0 saturated heterocycles. The van der Waals surface area contributed by atoms with Crippen LogP contribution in [0.3, 0.4) is 0 Å². The molecule has 2 aromatic carbocycles. The van der Waals surface area contributed by atoms with Crippen LogP contribution in [0.15, 0.2) is 84.0 Å². The maximum Gasteiger partial charge on any atom is 0.274 e.